The molecule has 2 bridgehead atoms. The lowest BCUT2D eigenvalue weighted by Gasteiger charge is -2.45. The van der Waals surface area contributed by atoms with Gasteiger partial charge in [0.05, 0.1) is 11.8 Å². The number of amides is 3. The molecule has 1 N–H and O–H groups in total. The molecule has 0 radical (unpaired) electrons. The molecular formula is C34H33BrN2O5. The Hall–Kier alpha value is -3.78. The molecule has 1 saturated heterocycles. The van der Waals surface area contributed by atoms with Crippen LogP contribution in [0.5, 0.6) is 0 Å². The number of hydrogen-bond acceptors (Lipinski definition) is 5. The molecule has 1 heterocycles. The number of likely N-dealkylation sites (tertiary alicyclic amines) is 1. The summed E-state index contributed by atoms with van der Waals surface area (Å²) in [6.45, 7) is 3.47. The van der Waals surface area contributed by atoms with Gasteiger partial charge in [-0.15, -0.1) is 0 Å². The summed E-state index contributed by atoms with van der Waals surface area (Å²) in [6.07, 6.45) is 2.41. The van der Waals surface area contributed by atoms with E-state index in [-0.39, 0.29) is 30.1 Å². The summed E-state index contributed by atoms with van der Waals surface area (Å²) >= 11 is 3.44. The third kappa shape index (κ3) is 4.66. The number of rotatable bonds is 9. The molecule has 4 aliphatic rings. The summed E-state index contributed by atoms with van der Waals surface area (Å²) in [6, 6.07) is 20.6. The topological polar surface area (TPSA) is 92.8 Å². The highest BCUT2D eigenvalue weighted by Gasteiger charge is 2.63. The van der Waals surface area contributed by atoms with Crippen molar-refractivity contribution in [3.8, 4) is 0 Å². The number of ether oxygens (including phenoxy) is 1. The molecule has 3 atom stereocenters. The van der Waals surface area contributed by atoms with Crippen molar-refractivity contribution in [1.29, 1.82) is 0 Å². The largest absolute Gasteiger partial charge is 0.454 e. The number of esters is 1. The van der Waals surface area contributed by atoms with Gasteiger partial charge < -0.3 is 10.1 Å². The smallest absolute Gasteiger partial charge is 0.329 e. The maximum absolute atomic E-state index is 14.2. The Labute approximate surface area is 253 Å². The van der Waals surface area contributed by atoms with Gasteiger partial charge in [-0.1, -0.05) is 91.1 Å². The van der Waals surface area contributed by atoms with Crippen LogP contribution in [0, 0.1) is 11.8 Å². The molecule has 0 unspecified atom stereocenters. The number of nitrogens with zero attached hydrogens (tertiary/aromatic N) is 1. The molecule has 1 aliphatic heterocycles. The molecule has 7 rings (SSSR count). The second-order valence-electron chi connectivity index (χ2n) is 11.3. The number of halogens is 1. The number of anilines is 1. The fourth-order valence-corrected chi connectivity index (χ4v) is 7.56. The van der Waals surface area contributed by atoms with E-state index in [2.05, 4.69) is 45.5 Å². The fourth-order valence-electron chi connectivity index (χ4n) is 7.15. The highest BCUT2D eigenvalue weighted by molar-refractivity contribution is 9.10. The third-order valence-corrected chi connectivity index (χ3v) is 9.46. The summed E-state index contributed by atoms with van der Waals surface area (Å²) in [5.41, 5.74) is 5.90. The van der Waals surface area contributed by atoms with Crippen LogP contribution in [0.4, 0.5) is 5.69 Å². The monoisotopic (exact) mass is 628 g/mol. The number of imide groups is 1. The number of carbonyl (C=O) groups is 4. The zero-order valence-electron chi connectivity index (χ0n) is 23.6. The van der Waals surface area contributed by atoms with Crippen molar-refractivity contribution < 1.29 is 23.9 Å². The van der Waals surface area contributed by atoms with E-state index in [0.717, 1.165) is 38.7 Å². The van der Waals surface area contributed by atoms with E-state index >= 15 is 0 Å². The van der Waals surface area contributed by atoms with Crippen LogP contribution in [0.1, 0.15) is 72.8 Å². The number of unbranched alkanes of at least 4 members (excludes halogenated alkanes) is 1. The van der Waals surface area contributed by atoms with Crippen LogP contribution in [-0.2, 0) is 30.3 Å². The summed E-state index contributed by atoms with van der Waals surface area (Å²) in [4.78, 5) is 55.8. The van der Waals surface area contributed by atoms with Gasteiger partial charge in [-0.05, 0) is 58.9 Å². The zero-order chi connectivity index (χ0) is 29.5. The Morgan fingerprint density at radius 1 is 0.881 bits per heavy atom. The molecule has 3 amide bonds. The van der Waals surface area contributed by atoms with E-state index in [4.69, 9.17) is 4.74 Å². The number of carbonyl (C=O) groups excluding carboxylic acids is 4. The van der Waals surface area contributed by atoms with Gasteiger partial charge in [-0.3, -0.25) is 19.3 Å². The fraction of sp³-hybridized carbons (Fsp3) is 0.353. The van der Waals surface area contributed by atoms with Crippen molar-refractivity contribution in [3.05, 3.63) is 99.0 Å². The Morgan fingerprint density at radius 2 is 1.43 bits per heavy atom. The number of aryl methyl sites for hydroxylation is 1. The maximum Gasteiger partial charge on any atom is 0.329 e. The van der Waals surface area contributed by atoms with Gasteiger partial charge in [0.15, 0.2) is 6.61 Å². The van der Waals surface area contributed by atoms with Crippen molar-refractivity contribution in [2.75, 3.05) is 11.9 Å². The number of benzene rings is 3. The highest BCUT2D eigenvalue weighted by atomic mass is 79.9. The normalized spacial score (nSPS) is 22.3. The average Bonchev–Trinajstić information content (AvgIpc) is 3.27. The van der Waals surface area contributed by atoms with Gasteiger partial charge in [0.1, 0.15) is 6.04 Å². The minimum absolute atomic E-state index is 0.249. The molecule has 7 nitrogen and oxygen atoms in total. The van der Waals surface area contributed by atoms with Gasteiger partial charge in [-0.2, -0.15) is 0 Å². The van der Waals surface area contributed by atoms with E-state index in [1.807, 2.05) is 50.2 Å². The van der Waals surface area contributed by atoms with Crippen molar-refractivity contribution in [2.45, 2.75) is 57.4 Å². The predicted molar refractivity (Wildman–Crippen MR) is 162 cm³/mol. The van der Waals surface area contributed by atoms with Gasteiger partial charge in [0.2, 0.25) is 11.8 Å². The van der Waals surface area contributed by atoms with Gasteiger partial charge in [0.25, 0.3) is 5.91 Å². The number of hydrogen-bond donors (Lipinski definition) is 1. The van der Waals surface area contributed by atoms with Crippen molar-refractivity contribution in [1.82, 2.24) is 4.90 Å². The van der Waals surface area contributed by atoms with Crippen LogP contribution in [0.25, 0.3) is 0 Å². The minimum atomic E-state index is -1.08. The Kier molecular flexibility index (Phi) is 7.75. The van der Waals surface area contributed by atoms with Crippen LogP contribution in [-0.4, -0.2) is 41.2 Å². The molecule has 1 fully saturated rings. The summed E-state index contributed by atoms with van der Waals surface area (Å²) < 4.78 is 6.39. The summed E-state index contributed by atoms with van der Waals surface area (Å²) in [7, 11) is 0. The van der Waals surface area contributed by atoms with E-state index in [9.17, 15) is 19.2 Å². The molecule has 0 spiro atoms. The lowest BCUT2D eigenvalue weighted by Crippen LogP contribution is -2.47. The molecule has 0 aromatic heterocycles. The molecule has 0 saturated carbocycles. The summed E-state index contributed by atoms with van der Waals surface area (Å²) in [5, 5.41) is 2.81. The maximum atomic E-state index is 14.2. The average molecular weight is 630 g/mol. The predicted octanol–water partition coefficient (Wildman–Crippen LogP) is 5.94. The Balaban J connectivity index is 1.25. The number of nitrogens with one attached hydrogen (secondary N) is 1. The van der Waals surface area contributed by atoms with Gasteiger partial charge in [-0.25, -0.2) is 4.79 Å². The molecule has 3 aromatic carbocycles. The molecular weight excluding hydrogens is 596 g/mol. The first kappa shape index (κ1) is 28.3. The van der Waals surface area contributed by atoms with Crippen LogP contribution >= 0.6 is 15.9 Å². The lowest BCUT2D eigenvalue weighted by atomic mass is 9.55. The molecule has 3 aromatic rings. The highest BCUT2D eigenvalue weighted by Crippen LogP contribution is 2.61. The SMILES string of the molecule is CCCC[C@H](C(=O)OCC(=O)Nc1ccc(Br)cc1CC)N1C(=O)[C@H]2C3c4ccccc4C(c4ccccc43)[C@@H]2C1=O. The van der Waals surface area contributed by atoms with Crippen LogP contribution < -0.4 is 5.32 Å². The minimum Gasteiger partial charge on any atom is -0.454 e. The molecule has 3 aliphatic carbocycles. The first-order chi connectivity index (χ1) is 20.3. The van der Waals surface area contributed by atoms with Crippen LogP contribution in [0.2, 0.25) is 0 Å². The molecule has 216 valence electrons. The second kappa shape index (κ2) is 11.5. The second-order valence-corrected chi connectivity index (χ2v) is 12.2. The van der Waals surface area contributed by atoms with Crippen molar-refractivity contribution >= 4 is 45.3 Å². The standard InChI is InChI=1S/C34H33BrN2O5/c1-3-5-14-26(34(41)42-18-27(38)36-25-16-15-20(35)17-19(25)4-2)37-32(39)30-28-21-10-6-7-11-22(21)29(31(30)33(37)40)24-13-9-8-12-23(24)28/h6-13,15-17,26,28-31H,3-5,14,18H2,1-2H3,(H,36,38)/t26-,28?,29?,30+,31+/m1/s1. The van der Waals surface area contributed by atoms with Crippen LogP contribution in [0.3, 0.4) is 0 Å². The Morgan fingerprint density at radius 3 is 1.93 bits per heavy atom. The van der Waals surface area contributed by atoms with Crippen LogP contribution in [0.15, 0.2) is 71.2 Å². The van der Waals surface area contributed by atoms with Crippen molar-refractivity contribution in [2.24, 2.45) is 11.8 Å². The van der Waals surface area contributed by atoms with E-state index in [1.165, 1.54) is 4.90 Å². The first-order valence-corrected chi connectivity index (χ1v) is 15.4. The molecule has 42 heavy (non-hydrogen) atoms. The van der Waals surface area contributed by atoms with E-state index < -0.39 is 36.4 Å². The third-order valence-electron chi connectivity index (χ3n) is 8.97. The Bertz CT molecular complexity index is 1470. The van der Waals surface area contributed by atoms with Gasteiger partial charge >= 0.3 is 5.97 Å². The zero-order valence-corrected chi connectivity index (χ0v) is 25.2. The van der Waals surface area contributed by atoms with Crippen molar-refractivity contribution in [3.63, 3.8) is 0 Å². The molecule has 8 heteroatoms. The summed E-state index contributed by atoms with van der Waals surface area (Å²) in [5.74, 6) is -3.50. The lowest BCUT2D eigenvalue weighted by molar-refractivity contribution is -0.160. The quantitative estimate of drug-likeness (QED) is 0.234. The van der Waals surface area contributed by atoms with E-state index in [1.54, 1.807) is 6.07 Å². The first-order valence-electron chi connectivity index (χ1n) is 14.6. The van der Waals surface area contributed by atoms with Gasteiger partial charge in [0, 0.05) is 22.0 Å². The van der Waals surface area contributed by atoms with E-state index in [0.29, 0.717) is 18.5 Å².